The van der Waals surface area contributed by atoms with Crippen molar-refractivity contribution in [3.63, 3.8) is 0 Å². The molecule has 1 aromatic carbocycles. The quantitative estimate of drug-likeness (QED) is 0.303. The van der Waals surface area contributed by atoms with E-state index in [-0.39, 0.29) is 23.8 Å². The lowest BCUT2D eigenvalue weighted by atomic mass is 9.87. The predicted molar refractivity (Wildman–Crippen MR) is 126 cm³/mol. The van der Waals surface area contributed by atoms with Gasteiger partial charge < -0.3 is 20.9 Å². The third kappa shape index (κ3) is 8.59. The van der Waals surface area contributed by atoms with Crippen LogP contribution in [0.3, 0.4) is 0 Å². The van der Waals surface area contributed by atoms with Crippen LogP contribution in [0.5, 0.6) is 0 Å². The molecule has 1 aliphatic rings. The molecule has 0 spiro atoms. The molecule has 1 aliphatic heterocycles. The number of unbranched alkanes of at least 4 members (excludes halogenated alkanes) is 2. The van der Waals surface area contributed by atoms with Gasteiger partial charge in [0.25, 0.3) is 5.91 Å². The summed E-state index contributed by atoms with van der Waals surface area (Å²) in [6.45, 7) is 12.3. The molecule has 0 aliphatic carbocycles. The number of aliphatic imine (C=N–C) groups is 1. The standard InChI is InChI=1S/C24H39N5O2/c1-5-7-8-13-24(3,4)18-28-23(25-6-2)27-16-19-9-11-20(12-10-19)22(31)29-15-14-26-21(30)17-29/h9-12H,5-8,13-18H2,1-4H3,(H,26,30)(H2,25,27,28). The lowest BCUT2D eigenvalue weighted by Gasteiger charge is -2.26. The highest BCUT2D eigenvalue weighted by atomic mass is 16.2. The van der Waals surface area contributed by atoms with Crippen LogP contribution in [0.15, 0.2) is 29.3 Å². The molecule has 0 radical (unpaired) electrons. The fraction of sp³-hybridized carbons (Fsp3) is 0.625. The minimum absolute atomic E-state index is 0.106. The summed E-state index contributed by atoms with van der Waals surface area (Å²) in [5.74, 6) is 0.596. The molecule has 0 aromatic heterocycles. The Hall–Kier alpha value is -2.57. The van der Waals surface area contributed by atoms with Crippen molar-refractivity contribution < 1.29 is 9.59 Å². The van der Waals surface area contributed by atoms with E-state index in [0.717, 1.165) is 24.6 Å². The molecule has 3 N–H and O–H groups in total. The number of nitrogens with one attached hydrogen (secondary N) is 3. The maximum Gasteiger partial charge on any atom is 0.254 e. The zero-order valence-electron chi connectivity index (χ0n) is 19.6. The molecule has 0 bridgehead atoms. The van der Waals surface area contributed by atoms with Gasteiger partial charge in [-0.2, -0.15) is 0 Å². The Morgan fingerprint density at radius 3 is 2.55 bits per heavy atom. The van der Waals surface area contributed by atoms with E-state index in [0.29, 0.717) is 25.2 Å². The van der Waals surface area contributed by atoms with Crippen LogP contribution in [-0.4, -0.2) is 55.4 Å². The number of benzene rings is 1. The van der Waals surface area contributed by atoms with E-state index in [1.54, 1.807) is 4.90 Å². The first-order valence-corrected chi connectivity index (χ1v) is 11.5. The van der Waals surface area contributed by atoms with Gasteiger partial charge in [-0.05, 0) is 36.5 Å². The van der Waals surface area contributed by atoms with Crippen LogP contribution in [0.4, 0.5) is 0 Å². The fourth-order valence-corrected chi connectivity index (χ4v) is 3.52. The highest BCUT2D eigenvalue weighted by Crippen LogP contribution is 2.22. The first kappa shape index (κ1) is 24.7. The molecule has 0 unspecified atom stereocenters. The van der Waals surface area contributed by atoms with Crippen molar-refractivity contribution in [3.8, 4) is 0 Å². The molecule has 2 amide bonds. The second kappa shape index (κ2) is 12.3. The van der Waals surface area contributed by atoms with Gasteiger partial charge in [0.1, 0.15) is 0 Å². The Labute approximate surface area is 187 Å². The number of carbonyl (C=O) groups is 2. The molecule has 31 heavy (non-hydrogen) atoms. The van der Waals surface area contributed by atoms with Crippen molar-refractivity contribution in [3.05, 3.63) is 35.4 Å². The number of amides is 2. The van der Waals surface area contributed by atoms with Gasteiger partial charge >= 0.3 is 0 Å². The monoisotopic (exact) mass is 429 g/mol. The molecule has 0 atom stereocenters. The van der Waals surface area contributed by atoms with E-state index in [4.69, 9.17) is 4.99 Å². The molecular weight excluding hydrogens is 390 g/mol. The smallest absolute Gasteiger partial charge is 0.254 e. The van der Waals surface area contributed by atoms with Gasteiger partial charge in [0.2, 0.25) is 5.91 Å². The number of guanidine groups is 1. The van der Waals surface area contributed by atoms with Gasteiger partial charge in [-0.3, -0.25) is 9.59 Å². The summed E-state index contributed by atoms with van der Waals surface area (Å²) in [4.78, 5) is 30.4. The van der Waals surface area contributed by atoms with E-state index in [1.165, 1.54) is 25.7 Å². The van der Waals surface area contributed by atoms with Crippen LogP contribution >= 0.6 is 0 Å². The first-order chi connectivity index (χ1) is 14.8. The zero-order chi connectivity index (χ0) is 22.7. The van der Waals surface area contributed by atoms with Crippen molar-refractivity contribution >= 4 is 17.8 Å². The summed E-state index contributed by atoms with van der Waals surface area (Å²) in [7, 11) is 0. The average Bonchev–Trinajstić information content (AvgIpc) is 2.75. The number of piperazine rings is 1. The Morgan fingerprint density at radius 1 is 1.16 bits per heavy atom. The van der Waals surface area contributed by atoms with Gasteiger partial charge in [-0.15, -0.1) is 0 Å². The minimum Gasteiger partial charge on any atom is -0.357 e. The van der Waals surface area contributed by atoms with Crippen molar-refractivity contribution in [2.75, 3.05) is 32.7 Å². The molecular formula is C24H39N5O2. The Morgan fingerprint density at radius 2 is 1.90 bits per heavy atom. The predicted octanol–water partition coefficient (Wildman–Crippen LogP) is 2.92. The Balaban J connectivity index is 1.91. The normalized spacial score (nSPS) is 14.9. The molecule has 7 heteroatoms. The summed E-state index contributed by atoms with van der Waals surface area (Å²) >= 11 is 0. The largest absolute Gasteiger partial charge is 0.357 e. The summed E-state index contributed by atoms with van der Waals surface area (Å²) < 4.78 is 0. The van der Waals surface area contributed by atoms with Gasteiger partial charge in [-0.25, -0.2) is 4.99 Å². The molecule has 1 heterocycles. The summed E-state index contributed by atoms with van der Waals surface area (Å²) in [6, 6.07) is 7.49. The number of carbonyl (C=O) groups excluding carboxylic acids is 2. The van der Waals surface area contributed by atoms with Gasteiger partial charge in [0.05, 0.1) is 13.1 Å². The maximum atomic E-state index is 12.6. The van der Waals surface area contributed by atoms with Gasteiger partial charge in [-0.1, -0.05) is 52.2 Å². The lowest BCUT2D eigenvalue weighted by Crippen LogP contribution is -2.49. The Bertz CT molecular complexity index is 743. The molecule has 0 saturated carbocycles. The SMILES string of the molecule is CCCCCC(C)(C)CNC(=NCc1ccc(C(=O)N2CCNC(=O)C2)cc1)NCC. The fourth-order valence-electron chi connectivity index (χ4n) is 3.52. The van der Waals surface area contributed by atoms with Gasteiger partial charge in [0.15, 0.2) is 5.96 Å². The summed E-state index contributed by atoms with van der Waals surface area (Å²) in [5, 5.41) is 9.52. The van der Waals surface area contributed by atoms with Crippen LogP contribution in [0.2, 0.25) is 0 Å². The molecule has 1 saturated heterocycles. The van der Waals surface area contributed by atoms with Crippen LogP contribution in [0.1, 0.15) is 69.3 Å². The van der Waals surface area contributed by atoms with Crippen molar-refractivity contribution in [2.45, 2.75) is 59.9 Å². The molecule has 1 aromatic rings. The maximum absolute atomic E-state index is 12.6. The van der Waals surface area contributed by atoms with Crippen LogP contribution < -0.4 is 16.0 Å². The van der Waals surface area contributed by atoms with E-state index >= 15 is 0 Å². The molecule has 172 valence electrons. The minimum atomic E-state index is -0.109. The average molecular weight is 430 g/mol. The van der Waals surface area contributed by atoms with Crippen LogP contribution in [-0.2, 0) is 11.3 Å². The van der Waals surface area contributed by atoms with Crippen LogP contribution in [0.25, 0.3) is 0 Å². The summed E-state index contributed by atoms with van der Waals surface area (Å²) in [5.41, 5.74) is 1.85. The highest BCUT2D eigenvalue weighted by Gasteiger charge is 2.22. The Kier molecular flexibility index (Phi) is 9.82. The second-order valence-electron chi connectivity index (χ2n) is 8.94. The molecule has 1 fully saturated rings. The first-order valence-electron chi connectivity index (χ1n) is 11.5. The number of nitrogens with zero attached hydrogens (tertiary/aromatic N) is 2. The number of hydrogen-bond acceptors (Lipinski definition) is 3. The van der Waals surface area contributed by atoms with Gasteiger partial charge in [0, 0.05) is 31.7 Å². The summed E-state index contributed by atoms with van der Waals surface area (Å²) in [6.07, 6.45) is 4.97. The lowest BCUT2D eigenvalue weighted by molar-refractivity contribution is -0.123. The molecule has 2 rings (SSSR count). The van der Waals surface area contributed by atoms with Crippen molar-refractivity contribution in [1.29, 1.82) is 0 Å². The van der Waals surface area contributed by atoms with E-state index in [1.807, 2.05) is 24.3 Å². The third-order valence-corrected chi connectivity index (χ3v) is 5.48. The van der Waals surface area contributed by atoms with Crippen LogP contribution in [0, 0.1) is 5.41 Å². The highest BCUT2D eigenvalue weighted by molar-refractivity contribution is 5.97. The molecule has 7 nitrogen and oxygen atoms in total. The zero-order valence-corrected chi connectivity index (χ0v) is 19.6. The van der Waals surface area contributed by atoms with E-state index in [9.17, 15) is 9.59 Å². The third-order valence-electron chi connectivity index (χ3n) is 5.48. The van der Waals surface area contributed by atoms with E-state index in [2.05, 4.69) is 43.6 Å². The van der Waals surface area contributed by atoms with Crippen molar-refractivity contribution in [1.82, 2.24) is 20.9 Å². The number of hydrogen-bond donors (Lipinski definition) is 3. The second-order valence-corrected chi connectivity index (χ2v) is 8.94. The van der Waals surface area contributed by atoms with Crippen molar-refractivity contribution in [2.24, 2.45) is 10.4 Å². The topological polar surface area (TPSA) is 85.8 Å². The number of rotatable bonds is 10. The van der Waals surface area contributed by atoms with E-state index < -0.39 is 0 Å².